The van der Waals surface area contributed by atoms with Gasteiger partial charge in [-0.05, 0) is 57.6 Å². The second-order valence-electron chi connectivity index (χ2n) is 9.26. The highest BCUT2D eigenvalue weighted by atomic mass is 16.5. The first-order chi connectivity index (χ1) is 14.5. The molecule has 3 atom stereocenters. The van der Waals surface area contributed by atoms with Crippen LogP contribution >= 0.6 is 0 Å². The van der Waals surface area contributed by atoms with E-state index in [1.54, 1.807) is 6.07 Å². The number of nitrogens with zero attached hydrogens (tertiary/aromatic N) is 3. The maximum atomic E-state index is 12.4. The van der Waals surface area contributed by atoms with Gasteiger partial charge in [0.05, 0.1) is 24.4 Å². The molecule has 0 radical (unpaired) electrons. The van der Waals surface area contributed by atoms with Crippen LogP contribution in [0.15, 0.2) is 41.2 Å². The van der Waals surface area contributed by atoms with Gasteiger partial charge in [0.25, 0.3) is 5.56 Å². The number of aliphatic hydroxyl groups is 1. The van der Waals surface area contributed by atoms with Gasteiger partial charge in [-0.15, -0.1) is 0 Å². The van der Waals surface area contributed by atoms with E-state index in [0.29, 0.717) is 44.0 Å². The van der Waals surface area contributed by atoms with Crippen molar-refractivity contribution >= 4 is 0 Å². The maximum absolute atomic E-state index is 12.4. The molecule has 3 aliphatic rings. The smallest absolute Gasteiger partial charge is 0.266 e. The van der Waals surface area contributed by atoms with E-state index in [-0.39, 0.29) is 5.56 Å². The Bertz CT molecular complexity index is 954. The first kappa shape index (κ1) is 19.8. The zero-order valence-electron chi connectivity index (χ0n) is 17.7. The molecule has 2 aromatic rings. The lowest BCUT2D eigenvalue weighted by atomic mass is 9.85. The molecule has 6 heteroatoms. The molecule has 5 rings (SSSR count). The van der Waals surface area contributed by atoms with Gasteiger partial charge in [-0.2, -0.15) is 5.10 Å². The monoisotopic (exact) mass is 409 g/mol. The fraction of sp³-hybridized carbons (Fsp3) is 0.583. The van der Waals surface area contributed by atoms with Gasteiger partial charge in [-0.1, -0.05) is 18.2 Å². The fourth-order valence-electron chi connectivity index (χ4n) is 5.38. The highest BCUT2D eigenvalue weighted by molar-refractivity contribution is 5.33. The molecule has 2 saturated heterocycles. The van der Waals surface area contributed by atoms with Gasteiger partial charge >= 0.3 is 0 Å². The van der Waals surface area contributed by atoms with Crippen LogP contribution in [0.25, 0.3) is 0 Å². The van der Waals surface area contributed by atoms with Crippen LogP contribution in [-0.2, 0) is 13.1 Å². The Kier molecular flexibility index (Phi) is 5.15. The average molecular weight is 410 g/mol. The van der Waals surface area contributed by atoms with Crippen LogP contribution in [0.1, 0.15) is 62.6 Å². The molecule has 30 heavy (non-hydrogen) atoms. The van der Waals surface area contributed by atoms with Crippen LogP contribution in [0.2, 0.25) is 0 Å². The van der Waals surface area contributed by atoms with Crippen LogP contribution in [0.3, 0.4) is 0 Å². The van der Waals surface area contributed by atoms with Gasteiger partial charge in [-0.3, -0.25) is 9.69 Å². The van der Waals surface area contributed by atoms with Crippen LogP contribution in [0, 0.1) is 0 Å². The summed E-state index contributed by atoms with van der Waals surface area (Å²) < 4.78 is 7.32. The van der Waals surface area contributed by atoms with Gasteiger partial charge in [0.1, 0.15) is 5.75 Å². The number of para-hydroxylation sites is 1. The predicted octanol–water partition coefficient (Wildman–Crippen LogP) is 3.08. The van der Waals surface area contributed by atoms with E-state index in [0.717, 1.165) is 43.7 Å². The van der Waals surface area contributed by atoms with E-state index < -0.39 is 5.60 Å². The molecule has 6 nitrogen and oxygen atoms in total. The summed E-state index contributed by atoms with van der Waals surface area (Å²) in [5, 5.41) is 16.0. The third kappa shape index (κ3) is 3.91. The highest BCUT2D eigenvalue weighted by Crippen LogP contribution is 2.43. The minimum absolute atomic E-state index is 0.117. The number of fused-ring (bicyclic) bond motifs is 2. The predicted molar refractivity (Wildman–Crippen MR) is 115 cm³/mol. The molecule has 1 unspecified atom stereocenters. The molecule has 2 bridgehead atoms. The van der Waals surface area contributed by atoms with Gasteiger partial charge in [0.2, 0.25) is 0 Å². The topological polar surface area (TPSA) is 67.6 Å². The second-order valence-corrected chi connectivity index (χ2v) is 9.26. The van der Waals surface area contributed by atoms with Crippen LogP contribution in [0.4, 0.5) is 0 Å². The Morgan fingerprint density at radius 2 is 1.83 bits per heavy atom. The number of rotatable bonds is 7. The lowest BCUT2D eigenvalue weighted by molar-refractivity contribution is -0.0679. The number of hydrogen-bond acceptors (Lipinski definition) is 5. The lowest BCUT2D eigenvalue weighted by Gasteiger charge is -2.44. The summed E-state index contributed by atoms with van der Waals surface area (Å²) in [6.07, 6.45) is 5.85. The molecule has 1 N–H and O–H groups in total. The van der Waals surface area contributed by atoms with Crippen molar-refractivity contribution < 1.29 is 9.84 Å². The van der Waals surface area contributed by atoms with Crippen molar-refractivity contribution in [3.8, 4) is 5.75 Å². The zero-order chi connectivity index (χ0) is 20.7. The molecule has 0 amide bonds. The SMILES string of the molecule is CCOc1ccccc1CN1[C@@H]2CC[C@H]1CC(O)(Cn1nc(C3CC3)ccc1=O)C2. The molecule has 1 saturated carbocycles. The van der Waals surface area contributed by atoms with Gasteiger partial charge < -0.3 is 9.84 Å². The largest absolute Gasteiger partial charge is 0.494 e. The summed E-state index contributed by atoms with van der Waals surface area (Å²) in [4.78, 5) is 14.9. The summed E-state index contributed by atoms with van der Waals surface area (Å²) in [5.74, 6) is 1.45. The Balaban J connectivity index is 1.32. The summed E-state index contributed by atoms with van der Waals surface area (Å²) in [6, 6.07) is 12.4. The van der Waals surface area contributed by atoms with E-state index in [4.69, 9.17) is 4.74 Å². The quantitative estimate of drug-likeness (QED) is 0.761. The number of ether oxygens (including phenoxy) is 1. The minimum atomic E-state index is -0.874. The van der Waals surface area contributed by atoms with Crippen LogP contribution in [-0.4, -0.2) is 44.1 Å². The third-order valence-corrected chi connectivity index (χ3v) is 6.95. The molecule has 1 aromatic carbocycles. The first-order valence-corrected chi connectivity index (χ1v) is 11.3. The van der Waals surface area contributed by atoms with Crippen LogP contribution < -0.4 is 10.3 Å². The molecule has 3 heterocycles. The number of hydrogen-bond donors (Lipinski definition) is 1. The normalized spacial score (nSPS) is 28.6. The van der Waals surface area contributed by atoms with Crippen molar-refractivity contribution in [3.05, 3.63) is 58.0 Å². The van der Waals surface area contributed by atoms with Crippen molar-refractivity contribution in [1.82, 2.24) is 14.7 Å². The average Bonchev–Trinajstić information content (AvgIpc) is 3.53. The third-order valence-electron chi connectivity index (χ3n) is 6.95. The van der Waals surface area contributed by atoms with E-state index in [2.05, 4.69) is 22.1 Å². The Hall–Kier alpha value is -2.18. The molecule has 1 aromatic heterocycles. The van der Waals surface area contributed by atoms with Crippen molar-refractivity contribution in [3.63, 3.8) is 0 Å². The summed E-state index contributed by atoms with van der Waals surface area (Å²) in [6.45, 7) is 3.81. The van der Waals surface area contributed by atoms with Crippen LogP contribution in [0.5, 0.6) is 5.75 Å². The Morgan fingerprint density at radius 1 is 1.10 bits per heavy atom. The Morgan fingerprint density at radius 3 is 2.53 bits per heavy atom. The van der Waals surface area contributed by atoms with Gasteiger partial charge in [-0.25, -0.2) is 4.68 Å². The number of benzene rings is 1. The molecular formula is C24H31N3O3. The minimum Gasteiger partial charge on any atom is -0.494 e. The number of aromatic nitrogens is 2. The second kappa shape index (κ2) is 7.82. The lowest BCUT2D eigenvalue weighted by Crippen LogP contribution is -2.53. The number of piperidine rings is 1. The van der Waals surface area contributed by atoms with E-state index >= 15 is 0 Å². The maximum Gasteiger partial charge on any atom is 0.266 e. The molecule has 3 fully saturated rings. The zero-order valence-corrected chi connectivity index (χ0v) is 17.7. The molecule has 2 aliphatic heterocycles. The van der Waals surface area contributed by atoms with Gasteiger partial charge in [0, 0.05) is 36.2 Å². The van der Waals surface area contributed by atoms with Gasteiger partial charge in [0.15, 0.2) is 0 Å². The molecule has 1 aliphatic carbocycles. The van der Waals surface area contributed by atoms with Crippen molar-refractivity contribution in [1.29, 1.82) is 0 Å². The summed E-state index contributed by atoms with van der Waals surface area (Å²) in [7, 11) is 0. The standard InChI is InChI=1S/C24H31N3O3/c1-2-30-22-6-4-3-5-18(22)15-26-19-9-10-20(26)14-24(29,13-19)16-27-23(28)12-11-21(25-27)17-7-8-17/h3-6,11-12,17,19-20,29H,2,7-10,13-16H2,1H3/t19-,20+,24?. The van der Waals surface area contributed by atoms with E-state index in [9.17, 15) is 9.90 Å². The highest BCUT2D eigenvalue weighted by Gasteiger charge is 2.48. The van der Waals surface area contributed by atoms with Crippen molar-refractivity contribution in [2.75, 3.05) is 6.61 Å². The van der Waals surface area contributed by atoms with Crippen molar-refractivity contribution in [2.24, 2.45) is 0 Å². The molecular weight excluding hydrogens is 378 g/mol. The van der Waals surface area contributed by atoms with E-state index in [1.165, 1.54) is 10.2 Å². The summed E-state index contributed by atoms with van der Waals surface area (Å²) >= 11 is 0. The Labute approximate surface area is 177 Å². The van der Waals surface area contributed by atoms with Crippen molar-refractivity contribution in [2.45, 2.75) is 82.1 Å². The molecule has 160 valence electrons. The first-order valence-electron chi connectivity index (χ1n) is 11.3. The fourth-order valence-corrected chi connectivity index (χ4v) is 5.38. The summed E-state index contributed by atoms with van der Waals surface area (Å²) in [5.41, 5.74) is 1.21. The molecule has 0 spiro atoms. The van der Waals surface area contributed by atoms with E-state index in [1.807, 2.05) is 25.1 Å².